The Balaban J connectivity index is 2.03. The summed E-state index contributed by atoms with van der Waals surface area (Å²) >= 11 is 6.06. The van der Waals surface area contributed by atoms with Crippen LogP contribution in [0, 0.1) is 10.1 Å². The molecule has 18 heavy (non-hydrogen) atoms. The minimum absolute atomic E-state index is 0.0394. The largest absolute Gasteiger partial charge is 0.307 e. The van der Waals surface area contributed by atoms with E-state index in [9.17, 15) is 10.1 Å². The lowest BCUT2D eigenvalue weighted by atomic mass is 9.75. The van der Waals surface area contributed by atoms with Gasteiger partial charge in [-0.25, -0.2) is 0 Å². The van der Waals surface area contributed by atoms with Gasteiger partial charge < -0.3 is 5.32 Å². The lowest BCUT2D eigenvalue weighted by molar-refractivity contribution is -0.384. The SMILES string of the molecule is CCC1(NCc2ccc([N+](=O)[O-])cc2Cl)CCC1. The van der Waals surface area contributed by atoms with Crippen molar-refractivity contribution in [2.24, 2.45) is 0 Å². The second-order valence-electron chi connectivity index (χ2n) is 4.87. The van der Waals surface area contributed by atoms with Crippen molar-refractivity contribution in [2.45, 2.75) is 44.7 Å². The molecule has 1 N–H and O–H groups in total. The zero-order valence-electron chi connectivity index (χ0n) is 10.4. The normalized spacial score (nSPS) is 17.2. The molecule has 1 aliphatic carbocycles. The number of hydrogen-bond donors (Lipinski definition) is 1. The number of benzene rings is 1. The van der Waals surface area contributed by atoms with Crippen LogP contribution in [0.15, 0.2) is 18.2 Å². The van der Waals surface area contributed by atoms with Crippen LogP contribution >= 0.6 is 11.6 Å². The molecular formula is C13H17ClN2O2. The highest BCUT2D eigenvalue weighted by atomic mass is 35.5. The Hall–Kier alpha value is -1.13. The van der Waals surface area contributed by atoms with Crippen LogP contribution in [0.3, 0.4) is 0 Å². The van der Waals surface area contributed by atoms with Crippen LogP contribution in [0.25, 0.3) is 0 Å². The average molecular weight is 269 g/mol. The number of hydrogen-bond acceptors (Lipinski definition) is 3. The fourth-order valence-corrected chi connectivity index (χ4v) is 2.58. The maximum absolute atomic E-state index is 10.6. The van der Waals surface area contributed by atoms with Crippen molar-refractivity contribution in [3.63, 3.8) is 0 Å². The molecule has 0 bridgehead atoms. The van der Waals surface area contributed by atoms with E-state index in [1.807, 2.05) is 0 Å². The van der Waals surface area contributed by atoms with Gasteiger partial charge in [-0.15, -0.1) is 0 Å². The predicted molar refractivity (Wildman–Crippen MR) is 71.8 cm³/mol. The summed E-state index contributed by atoms with van der Waals surface area (Å²) in [6, 6.07) is 4.65. The fourth-order valence-electron chi connectivity index (χ4n) is 2.33. The van der Waals surface area contributed by atoms with E-state index < -0.39 is 4.92 Å². The van der Waals surface area contributed by atoms with Crippen molar-refractivity contribution in [3.05, 3.63) is 38.9 Å². The molecule has 0 saturated heterocycles. The van der Waals surface area contributed by atoms with Crippen molar-refractivity contribution in [3.8, 4) is 0 Å². The molecule has 1 fully saturated rings. The van der Waals surface area contributed by atoms with Crippen molar-refractivity contribution in [2.75, 3.05) is 0 Å². The van der Waals surface area contributed by atoms with E-state index in [-0.39, 0.29) is 11.2 Å². The minimum atomic E-state index is -0.428. The maximum atomic E-state index is 10.6. The van der Waals surface area contributed by atoms with E-state index in [4.69, 9.17) is 11.6 Å². The molecule has 1 aromatic rings. The molecule has 1 aromatic carbocycles. The summed E-state index contributed by atoms with van der Waals surface area (Å²) in [7, 11) is 0. The topological polar surface area (TPSA) is 55.2 Å². The van der Waals surface area contributed by atoms with Gasteiger partial charge in [0, 0.05) is 24.2 Å². The third-order valence-electron chi connectivity index (χ3n) is 3.89. The van der Waals surface area contributed by atoms with Crippen molar-refractivity contribution < 1.29 is 4.92 Å². The lowest BCUT2D eigenvalue weighted by Gasteiger charge is -2.42. The summed E-state index contributed by atoms with van der Waals surface area (Å²) in [5, 5.41) is 14.6. The summed E-state index contributed by atoms with van der Waals surface area (Å²) in [6.45, 7) is 2.86. The fraction of sp³-hybridized carbons (Fsp3) is 0.538. The van der Waals surface area contributed by atoms with Gasteiger partial charge in [-0.1, -0.05) is 18.5 Å². The van der Waals surface area contributed by atoms with Gasteiger partial charge in [0.1, 0.15) is 0 Å². The number of non-ortho nitro benzene ring substituents is 1. The molecule has 1 aliphatic rings. The first-order chi connectivity index (χ1) is 8.56. The second kappa shape index (κ2) is 5.24. The minimum Gasteiger partial charge on any atom is -0.307 e. The monoisotopic (exact) mass is 268 g/mol. The lowest BCUT2D eigenvalue weighted by Crippen LogP contribution is -2.49. The molecule has 5 heteroatoms. The van der Waals surface area contributed by atoms with Crippen molar-refractivity contribution in [1.82, 2.24) is 5.32 Å². The highest BCUT2D eigenvalue weighted by molar-refractivity contribution is 6.31. The zero-order valence-corrected chi connectivity index (χ0v) is 11.2. The highest BCUT2D eigenvalue weighted by Gasteiger charge is 2.34. The molecule has 0 unspecified atom stereocenters. The standard InChI is InChI=1S/C13H17ClN2O2/c1-2-13(6-3-7-13)15-9-10-4-5-11(16(17)18)8-12(10)14/h4-5,8,15H,2-3,6-7,9H2,1H3. The second-order valence-corrected chi connectivity index (χ2v) is 5.28. The van der Waals surface area contributed by atoms with Crippen LogP contribution in [0.2, 0.25) is 5.02 Å². The molecule has 0 atom stereocenters. The van der Waals surface area contributed by atoms with Crippen molar-refractivity contribution in [1.29, 1.82) is 0 Å². The first-order valence-electron chi connectivity index (χ1n) is 6.24. The molecule has 4 nitrogen and oxygen atoms in total. The molecule has 2 rings (SSSR count). The van der Waals surface area contributed by atoms with Crippen LogP contribution in [0.4, 0.5) is 5.69 Å². The van der Waals surface area contributed by atoms with E-state index >= 15 is 0 Å². The van der Waals surface area contributed by atoms with E-state index in [0.717, 1.165) is 12.0 Å². The molecule has 0 aliphatic heterocycles. The Morgan fingerprint density at radius 1 is 1.50 bits per heavy atom. The number of nitrogens with one attached hydrogen (secondary N) is 1. The van der Waals surface area contributed by atoms with Crippen LogP contribution in [-0.2, 0) is 6.54 Å². The summed E-state index contributed by atoms with van der Waals surface area (Å²) in [6.07, 6.45) is 4.79. The average Bonchev–Trinajstić information content (AvgIpc) is 2.29. The predicted octanol–water partition coefficient (Wildman–Crippen LogP) is 3.67. The molecule has 0 amide bonds. The number of nitro groups is 1. The molecule has 0 radical (unpaired) electrons. The van der Waals surface area contributed by atoms with E-state index in [0.29, 0.717) is 11.6 Å². The van der Waals surface area contributed by atoms with Crippen LogP contribution in [0.5, 0.6) is 0 Å². The van der Waals surface area contributed by atoms with Gasteiger partial charge in [0.2, 0.25) is 0 Å². The third kappa shape index (κ3) is 2.65. The van der Waals surface area contributed by atoms with Gasteiger partial charge in [-0.2, -0.15) is 0 Å². The van der Waals surface area contributed by atoms with Gasteiger partial charge in [-0.3, -0.25) is 10.1 Å². The molecular weight excluding hydrogens is 252 g/mol. The van der Waals surface area contributed by atoms with E-state index in [1.165, 1.54) is 31.4 Å². The Bertz CT molecular complexity index is 453. The Labute approximate surface area is 111 Å². The summed E-state index contributed by atoms with van der Waals surface area (Å²) in [4.78, 5) is 10.2. The molecule has 0 aromatic heterocycles. The number of rotatable bonds is 5. The quantitative estimate of drug-likeness (QED) is 0.655. The smallest absolute Gasteiger partial charge is 0.270 e. The number of nitrogens with zero attached hydrogens (tertiary/aromatic N) is 1. The Morgan fingerprint density at radius 3 is 2.67 bits per heavy atom. The van der Waals surface area contributed by atoms with Crippen LogP contribution in [-0.4, -0.2) is 10.5 Å². The first kappa shape index (κ1) is 13.3. The van der Waals surface area contributed by atoms with E-state index in [1.54, 1.807) is 6.07 Å². The number of nitro benzene ring substituents is 1. The van der Waals surface area contributed by atoms with Gasteiger partial charge in [0.05, 0.1) is 9.95 Å². The first-order valence-corrected chi connectivity index (χ1v) is 6.62. The van der Waals surface area contributed by atoms with Crippen molar-refractivity contribution >= 4 is 17.3 Å². The van der Waals surface area contributed by atoms with Gasteiger partial charge in [0.15, 0.2) is 0 Å². The van der Waals surface area contributed by atoms with Crippen LogP contribution in [0.1, 0.15) is 38.2 Å². The van der Waals surface area contributed by atoms with Crippen LogP contribution < -0.4 is 5.32 Å². The zero-order chi connectivity index (χ0) is 13.2. The summed E-state index contributed by atoms with van der Waals surface area (Å²) < 4.78 is 0. The van der Waals surface area contributed by atoms with Gasteiger partial charge in [0.25, 0.3) is 5.69 Å². The van der Waals surface area contributed by atoms with Gasteiger partial charge in [-0.05, 0) is 37.3 Å². The molecule has 1 saturated carbocycles. The van der Waals surface area contributed by atoms with Gasteiger partial charge >= 0.3 is 0 Å². The molecule has 98 valence electrons. The Morgan fingerprint density at radius 2 is 2.22 bits per heavy atom. The molecule has 0 heterocycles. The third-order valence-corrected chi connectivity index (χ3v) is 4.24. The maximum Gasteiger partial charge on any atom is 0.270 e. The summed E-state index contributed by atoms with van der Waals surface area (Å²) in [5.41, 5.74) is 1.21. The molecule has 0 spiro atoms. The highest BCUT2D eigenvalue weighted by Crippen LogP contribution is 2.35. The number of halogens is 1. The van der Waals surface area contributed by atoms with E-state index in [2.05, 4.69) is 12.2 Å². The summed E-state index contributed by atoms with van der Waals surface area (Å²) in [5.74, 6) is 0. The Kier molecular flexibility index (Phi) is 3.88.